The number of ether oxygens (including phenoxy) is 1. The molecule has 9 rings (SSSR count). The van der Waals surface area contributed by atoms with E-state index in [0.717, 1.165) is 85.3 Å². The molecule has 2 aromatic heterocycles. The quantitative estimate of drug-likeness (QED) is 0.239. The first-order valence-electron chi connectivity index (χ1n) is 19.7. The maximum atomic E-state index is 15.5. The molecule has 1 atom stereocenters. The topological polar surface area (TPSA) is 151 Å². The van der Waals surface area contributed by atoms with Gasteiger partial charge in [0, 0.05) is 99.7 Å². The average molecular weight is 776 g/mol. The molecule has 296 valence electrons. The van der Waals surface area contributed by atoms with Crippen molar-refractivity contribution in [3.63, 3.8) is 0 Å². The van der Waals surface area contributed by atoms with Crippen LogP contribution in [0.25, 0.3) is 0 Å². The Bertz CT molecular complexity index is 2220. The number of halogens is 1. The van der Waals surface area contributed by atoms with Gasteiger partial charge in [0.1, 0.15) is 18.1 Å². The van der Waals surface area contributed by atoms with Gasteiger partial charge < -0.3 is 30.1 Å². The van der Waals surface area contributed by atoms with Crippen LogP contribution in [0.4, 0.5) is 43.6 Å². The number of nitrogens with zero attached hydrogens (tertiary/aromatic N) is 8. The molecule has 57 heavy (non-hydrogen) atoms. The molecule has 3 fully saturated rings. The predicted octanol–water partition coefficient (Wildman–Crippen LogP) is 3.84. The van der Waals surface area contributed by atoms with E-state index in [0.29, 0.717) is 61.8 Å². The van der Waals surface area contributed by atoms with Gasteiger partial charge in [-0.05, 0) is 67.8 Å². The number of nitrogens with one attached hydrogen (secondary N) is 3. The van der Waals surface area contributed by atoms with Crippen LogP contribution in [0.3, 0.4) is 0 Å². The number of urea groups is 1. The standard InChI is InChI=1S/C41H46FN11O4/c1-25-21-49(32-22-51(23-32)30-5-7-31(8-6-30)53-13-10-36(54)48-41(53)56)14-15-52(25)37(55)17-27-3-4-29(18-33(27)42)46-40-45-19-28-9-12-50(24-34(28)47-40)35-20-44-39-38(26(35)2)43-11-16-57-39/h3-8,18-20,25,32,43H,9-17,21-24H2,1-2H3,(H,45,46,47)(H,48,54,56)/t25-/m0/s1. The number of anilines is 6. The van der Waals surface area contributed by atoms with Crippen molar-refractivity contribution in [2.24, 2.45) is 0 Å². The fourth-order valence-corrected chi connectivity index (χ4v) is 8.50. The molecule has 4 amide bonds. The first-order valence-corrected chi connectivity index (χ1v) is 19.7. The number of carbonyl (C=O) groups is 3. The van der Waals surface area contributed by atoms with Crippen molar-refractivity contribution in [3.05, 3.63) is 83.1 Å². The number of pyridine rings is 1. The Morgan fingerprint density at radius 2 is 1.79 bits per heavy atom. The van der Waals surface area contributed by atoms with E-state index < -0.39 is 5.82 Å². The fourth-order valence-electron chi connectivity index (χ4n) is 8.50. The Balaban J connectivity index is 0.761. The second-order valence-corrected chi connectivity index (χ2v) is 15.4. The van der Waals surface area contributed by atoms with E-state index in [1.165, 1.54) is 6.07 Å². The molecule has 0 bridgehead atoms. The molecule has 16 heteroatoms. The van der Waals surface area contributed by atoms with Gasteiger partial charge in [-0.15, -0.1) is 0 Å². The summed E-state index contributed by atoms with van der Waals surface area (Å²) in [4.78, 5) is 61.5. The summed E-state index contributed by atoms with van der Waals surface area (Å²) in [6, 6.07) is 12.7. The molecule has 0 aliphatic carbocycles. The molecule has 0 spiro atoms. The van der Waals surface area contributed by atoms with Crippen molar-refractivity contribution >= 4 is 52.2 Å². The number of imide groups is 1. The van der Waals surface area contributed by atoms with Crippen LogP contribution in [0.2, 0.25) is 0 Å². The molecule has 7 heterocycles. The van der Waals surface area contributed by atoms with Crippen LogP contribution in [0.15, 0.2) is 54.9 Å². The summed E-state index contributed by atoms with van der Waals surface area (Å²) in [7, 11) is 0. The lowest BCUT2D eigenvalue weighted by molar-refractivity contribution is -0.135. The van der Waals surface area contributed by atoms with Gasteiger partial charge in [-0.3, -0.25) is 24.7 Å². The highest BCUT2D eigenvalue weighted by molar-refractivity contribution is 6.05. The van der Waals surface area contributed by atoms with Crippen LogP contribution in [0.1, 0.15) is 35.7 Å². The largest absolute Gasteiger partial charge is 0.474 e. The van der Waals surface area contributed by atoms with E-state index in [4.69, 9.17) is 9.72 Å². The molecule has 2 aromatic carbocycles. The second kappa shape index (κ2) is 15.1. The van der Waals surface area contributed by atoms with E-state index in [2.05, 4.69) is 54.5 Å². The SMILES string of the molecule is Cc1c(N2CCc3cnc(Nc4ccc(CC(=O)N5CCN(C6CN(c7ccc(N8CCC(=O)NC8=O)cc7)C6)C[C@@H]5C)c(F)c4)nc3C2)cnc2c1NCCO2. The van der Waals surface area contributed by atoms with E-state index >= 15 is 4.39 Å². The van der Waals surface area contributed by atoms with Gasteiger partial charge in [-0.25, -0.2) is 24.1 Å². The summed E-state index contributed by atoms with van der Waals surface area (Å²) >= 11 is 0. The zero-order valence-electron chi connectivity index (χ0n) is 32.1. The highest BCUT2D eigenvalue weighted by Crippen LogP contribution is 2.36. The van der Waals surface area contributed by atoms with Crippen molar-refractivity contribution in [1.82, 2.24) is 30.1 Å². The van der Waals surface area contributed by atoms with Crippen molar-refractivity contribution in [2.45, 2.75) is 51.7 Å². The number of aromatic nitrogens is 3. The monoisotopic (exact) mass is 775 g/mol. The molecule has 0 unspecified atom stereocenters. The number of piperazine rings is 1. The molecular weight excluding hydrogens is 730 g/mol. The fraction of sp³-hybridized carbons (Fsp3) is 0.415. The van der Waals surface area contributed by atoms with Crippen molar-refractivity contribution in [3.8, 4) is 5.88 Å². The molecule has 0 saturated carbocycles. The van der Waals surface area contributed by atoms with Crippen molar-refractivity contribution in [2.75, 3.05) is 84.3 Å². The molecule has 15 nitrogen and oxygen atoms in total. The van der Waals surface area contributed by atoms with E-state index in [1.807, 2.05) is 41.6 Å². The summed E-state index contributed by atoms with van der Waals surface area (Å²) in [5.74, 6) is 0.239. The summed E-state index contributed by atoms with van der Waals surface area (Å²) < 4.78 is 21.2. The normalized spacial score (nSPS) is 19.9. The smallest absolute Gasteiger partial charge is 0.328 e. The van der Waals surface area contributed by atoms with Gasteiger partial charge in [0.25, 0.3) is 0 Å². The minimum atomic E-state index is -0.450. The second-order valence-electron chi connectivity index (χ2n) is 15.4. The predicted molar refractivity (Wildman–Crippen MR) is 214 cm³/mol. The molecule has 3 N–H and O–H groups in total. The third-order valence-corrected chi connectivity index (χ3v) is 11.8. The van der Waals surface area contributed by atoms with Gasteiger partial charge in [0.15, 0.2) is 0 Å². The Kier molecular flexibility index (Phi) is 9.72. The lowest BCUT2D eigenvalue weighted by Gasteiger charge is -2.50. The Hall–Kier alpha value is -6.03. The van der Waals surface area contributed by atoms with Crippen LogP contribution >= 0.6 is 0 Å². The summed E-state index contributed by atoms with van der Waals surface area (Å²) in [5, 5.41) is 8.93. The number of fused-ring (bicyclic) bond motifs is 2. The van der Waals surface area contributed by atoms with Gasteiger partial charge >= 0.3 is 6.03 Å². The van der Waals surface area contributed by atoms with Crippen LogP contribution in [-0.4, -0.2) is 114 Å². The molecule has 0 radical (unpaired) electrons. The number of rotatable bonds is 8. The molecule has 5 aliphatic heterocycles. The van der Waals surface area contributed by atoms with Gasteiger partial charge in [-0.1, -0.05) is 6.07 Å². The highest BCUT2D eigenvalue weighted by atomic mass is 19.1. The zero-order chi connectivity index (χ0) is 39.2. The third-order valence-electron chi connectivity index (χ3n) is 11.8. The van der Waals surface area contributed by atoms with Crippen LogP contribution in [0, 0.1) is 12.7 Å². The lowest BCUT2D eigenvalue weighted by atomic mass is 10.0. The number of amides is 4. The zero-order valence-corrected chi connectivity index (χ0v) is 32.1. The first kappa shape index (κ1) is 36.6. The van der Waals surface area contributed by atoms with E-state index in [-0.39, 0.29) is 30.3 Å². The van der Waals surface area contributed by atoms with Gasteiger partial charge in [0.05, 0.1) is 30.5 Å². The van der Waals surface area contributed by atoms with Crippen LogP contribution < -0.4 is 35.4 Å². The van der Waals surface area contributed by atoms with Gasteiger partial charge in [0.2, 0.25) is 23.6 Å². The van der Waals surface area contributed by atoms with Crippen molar-refractivity contribution in [1.29, 1.82) is 0 Å². The number of carbonyl (C=O) groups excluding carboxylic acids is 3. The van der Waals surface area contributed by atoms with Crippen LogP contribution in [0.5, 0.6) is 5.88 Å². The summed E-state index contributed by atoms with van der Waals surface area (Å²) in [5.41, 5.74) is 7.76. The molecular formula is C41H46FN11O4. The highest BCUT2D eigenvalue weighted by Gasteiger charge is 2.37. The Morgan fingerprint density at radius 3 is 2.58 bits per heavy atom. The number of hydrogen-bond donors (Lipinski definition) is 3. The summed E-state index contributed by atoms with van der Waals surface area (Å²) in [6.07, 6.45) is 4.78. The number of benzene rings is 2. The minimum absolute atomic E-state index is 0.00124. The summed E-state index contributed by atoms with van der Waals surface area (Å²) in [6.45, 7) is 11.1. The van der Waals surface area contributed by atoms with E-state index in [9.17, 15) is 14.4 Å². The van der Waals surface area contributed by atoms with E-state index in [1.54, 1.807) is 17.0 Å². The maximum Gasteiger partial charge on any atom is 0.328 e. The maximum absolute atomic E-state index is 15.5. The van der Waals surface area contributed by atoms with Crippen molar-refractivity contribution < 1.29 is 23.5 Å². The first-order chi connectivity index (χ1) is 27.7. The molecule has 3 saturated heterocycles. The molecule has 5 aliphatic rings. The van der Waals surface area contributed by atoms with Crippen LogP contribution in [-0.2, 0) is 29.0 Å². The molecule has 4 aromatic rings. The Morgan fingerprint density at radius 1 is 0.965 bits per heavy atom. The third kappa shape index (κ3) is 7.36. The number of hydrogen-bond acceptors (Lipinski definition) is 12. The Labute approximate surface area is 330 Å². The average Bonchev–Trinajstić information content (AvgIpc) is 3.19. The van der Waals surface area contributed by atoms with Gasteiger partial charge in [-0.2, -0.15) is 0 Å². The minimum Gasteiger partial charge on any atom is -0.474 e. The lowest BCUT2D eigenvalue weighted by Crippen LogP contribution is -2.65.